The molecule has 0 fully saturated rings. The summed E-state index contributed by atoms with van der Waals surface area (Å²) in [5, 5.41) is 0. The first kappa shape index (κ1) is 44.6. The third-order valence-electron chi connectivity index (χ3n) is 5.53. The quantitative estimate of drug-likeness (QED) is 0.232. The summed E-state index contributed by atoms with van der Waals surface area (Å²) in [4.78, 5) is 5.03. The third kappa shape index (κ3) is 21.3. The molecule has 0 amide bonds. The van der Waals surface area contributed by atoms with Gasteiger partial charge in [-0.2, -0.15) is 0 Å². The Hall–Kier alpha value is -1.52. The van der Waals surface area contributed by atoms with Crippen molar-refractivity contribution >= 4 is 27.9 Å². The number of hydrogen-bond acceptors (Lipinski definition) is 5. The van der Waals surface area contributed by atoms with E-state index >= 15 is 0 Å². The van der Waals surface area contributed by atoms with E-state index in [2.05, 4.69) is 118 Å². The van der Waals surface area contributed by atoms with Crippen molar-refractivity contribution in [1.29, 1.82) is 0 Å². The minimum atomic E-state index is -1.62. The van der Waals surface area contributed by atoms with Gasteiger partial charge in [0.15, 0.2) is 16.5 Å². The third-order valence-corrected chi connectivity index (χ3v) is 7.41. The Morgan fingerprint density at radius 1 is 0.523 bits per heavy atom. The molecule has 0 saturated heterocycles. The predicted molar refractivity (Wildman–Crippen MR) is 189 cm³/mol. The average Bonchev–Trinajstić information content (AvgIpc) is 2.94. The van der Waals surface area contributed by atoms with Crippen molar-refractivity contribution in [2.75, 3.05) is 26.4 Å². The van der Waals surface area contributed by atoms with E-state index in [0.29, 0.717) is 0 Å². The minimum absolute atomic E-state index is 0. The van der Waals surface area contributed by atoms with Crippen LogP contribution in [-0.2, 0) is 22.3 Å². The maximum atomic E-state index is 5.16. The summed E-state index contributed by atoms with van der Waals surface area (Å²) < 4.78 is 20.0. The summed E-state index contributed by atoms with van der Waals surface area (Å²) in [7, 11) is -3.24. The first-order chi connectivity index (χ1) is 19.9. The molecule has 0 unspecified atom stereocenters. The molecule has 0 bridgehead atoms. The van der Waals surface area contributed by atoms with Crippen LogP contribution in [0.2, 0.25) is 39.3 Å². The van der Waals surface area contributed by atoms with Gasteiger partial charge in [-0.05, 0) is 90.2 Å². The van der Waals surface area contributed by atoms with Crippen molar-refractivity contribution in [3.05, 3.63) is 101 Å². The number of ether oxygens (including phenoxy) is 2. The van der Waals surface area contributed by atoms with Crippen LogP contribution in [0.25, 0.3) is 0 Å². The molecule has 1 aromatic heterocycles. The van der Waals surface area contributed by atoms with Crippen LogP contribution in [0.3, 0.4) is 0 Å². The second kappa shape index (κ2) is 24.7. The molecule has 44 heavy (non-hydrogen) atoms. The summed E-state index contributed by atoms with van der Waals surface area (Å²) >= 11 is 0. The molecule has 5 nitrogen and oxygen atoms in total. The van der Waals surface area contributed by atoms with E-state index in [1.165, 1.54) is 11.1 Å². The predicted octanol–water partition coefficient (Wildman–Crippen LogP) is 2.91. The smallest absolute Gasteiger partial charge is 0.382 e. The van der Waals surface area contributed by atoms with Crippen molar-refractivity contribution in [3.8, 4) is 0 Å². The van der Waals surface area contributed by atoms with Crippen molar-refractivity contribution in [2.24, 2.45) is 9.32 Å². The summed E-state index contributed by atoms with van der Waals surface area (Å²) in [6.07, 6.45) is 1.49. The van der Waals surface area contributed by atoms with Gasteiger partial charge < -0.3 is 18.8 Å². The fraction of sp³-hybridized carbons (Fsp3) is 0.457. The first-order valence-electron chi connectivity index (χ1n) is 15.3. The van der Waals surface area contributed by atoms with Gasteiger partial charge in [-0.3, -0.25) is 4.98 Å². The fourth-order valence-corrected chi connectivity index (χ4v) is 6.00. The zero-order chi connectivity index (χ0) is 31.4. The molecule has 0 aliphatic rings. The van der Waals surface area contributed by atoms with Crippen LogP contribution in [0.5, 0.6) is 0 Å². The number of rotatable bonds is 12. The van der Waals surface area contributed by atoms with E-state index in [-0.39, 0.29) is 37.7 Å². The number of nitrogens with zero attached hydrogens (tertiary/aromatic N) is 3. The molecule has 2 aromatic carbocycles. The summed E-state index contributed by atoms with van der Waals surface area (Å²) in [5.74, 6) is 0. The first-order valence-corrected chi connectivity index (χ1v) is 22.2. The summed E-state index contributed by atoms with van der Waals surface area (Å²) in [5.41, 5.74) is 6.76. The second-order valence-electron chi connectivity index (χ2n) is 11.7. The van der Waals surface area contributed by atoms with Gasteiger partial charge in [0.1, 0.15) is 0 Å². The Bertz CT molecular complexity index is 1100. The Kier molecular flexibility index (Phi) is 25.0. The van der Waals surface area contributed by atoms with Crippen LogP contribution in [0, 0.1) is 0 Å². The van der Waals surface area contributed by atoms with Gasteiger partial charge in [-0.25, -0.2) is 0 Å². The van der Waals surface area contributed by atoms with E-state index in [0.717, 1.165) is 62.1 Å². The standard InChI is InChI=1S/C27H35N3Si2.2C4H10O.2Li/c1-31(2,3)29-26(22-14-9-7-10-15-22)20-24-18-13-19-25(28-24)21-27(30-32(4,5)6)23-16-11-8-12-17-23;2*1-3-5-4-2;;/h7-19H,20-21H2,1-6H3;2*3-4H2,1-2H3;;/q;;;2*+1/b29-26-,30-27-;;;;. The van der Waals surface area contributed by atoms with Crippen molar-refractivity contribution in [1.82, 2.24) is 4.98 Å². The van der Waals surface area contributed by atoms with E-state index in [1.54, 1.807) is 0 Å². The molecular formula is C35H55Li2N3O2Si2+2. The van der Waals surface area contributed by atoms with Crippen LogP contribution in [0.4, 0.5) is 0 Å². The largest absolute Gasteiger partial charge is 1.00 e. The Balaban J connectivity index is 0. The zero-order valence-corrected chi connectivity index (χ0v) is 31.9. The van der Waals surface area contributed by atoms with Crippen LogP contribution in [0.15, 0.2) is 88.2 Å². The molecule has 0 atom stereocenters. The Morgan fingerprint density at radius 2 is 0.841 bits per heavy atom. The van der Waals surface area contributed by atoms with E-state index in [9.17, 15) is 0 Å². The molecule has 230 valence electrons. The number of aromatic nitrogens is 1. The molecule has 3 rings (SSSR count). The molecule has 0 spiro atoms. The molecule has 0 radical (unpaired) electrons. The van der Waals surface area contributed by atoms with Gasteiger partial charge in [0.25, 0.3) is 0 Å². The van der Waals surface area contributed by atoms with Gasteiger partial charge in [0.05, 0.1) is 0 Å². The molecular weight excluding hydrogens is 564 g/mol. The molecule has 0 N–H and O–H groups in total. The molecule has 0 saturated carbocycles. The Morgan fingerprint density at radius 3 is 1.09 bits per heavy atom. The number of hydrogen-bond donors (Lipinski definition) is 0. The normalized spacial score (nSPS) is 11.6. The van der Waals surface area contributed by atoms with Gasteiger partial charge in [-0.15, -0.1) is 0 Å². The maximum absolute atomic E-state index is 5.16. The minimum Gasteiger partial charge on any atom is -0.382 e. The topological polar surface area (TPSA) is 56.1 Å². The second-order valence-corrected chi connectivity index (χ2v) is 20.9. The Labute approximate surface area is 295 Å². The van der Waals surface area contributed by atoms with Gasteiger partial charge in [-0.1, -0.05) is 66.7 Å². The average molecular weight is 620 g/mol. The van der Waals surface area contributed by atoms with Crippen molar-refractivity contribution in [3.63, 3.8) is 0 Å². The van der Waals surface area contributed by atoms with Crippen LogP contribution < -0.4 is 37.7 Å². The van der Waals surface area contributed by atoms with Crippen molar-refractivity contribution < 1.29 is 47.2 Å². The van der Waals surface area contributed by atoms with E-state index in [1.807, 2.05) is 27.7 Å². The number of pyridine rings is 1. The van der Waals surface area contributed by atoms with E-state index in [4.69, 9.17) is 23.8 Å². The zero-order valence-electron chi connectivity index (χ0n) is 29.9. The monoisotopic (exact) mass is 619 g/mol. The van der Waals surface area contributed by atoms with E-state index < -0.39 is 16.5 Å². The van der Waals surface area contributed by atoms with Gasteiger partial charge in [0.2, 0.25) is 0 Å². The summed E-state index contributed by atoms with van der Waals surface area (Å²) in [6, 6.07) is 27.4. The molecule has 1 heterocycles. The summed E-state index contributed by atoms with van der Waals surface area (Å²) in [6.45, 7) is 25.0. The molecule has 0 aliphatic heterocycles. The van der Waals surface area contributed by atoms with Crippen LogP contribution >= 0.6 is 0 Å². The van der Waals surface area contributed by atoms with Gasteiger partial charge >= 0.3 is 37.7 Å². The van der Waals surface area contributed by atoms with Crippen LogP contribution in [0.1, 0.15) is 50.2 Å². The fourth-order valence-electron chi connectivity index (χ4n) is 3.96. The van der Waals surface area contributed by atoms with Crippen molar-refractivity contribution in [2.45, 2.75) is 79.8 Å². The van der Waals surface area contributed by atoms with Gasteiger partial charge in [0, 0.05) is 62.1 Å². The molecule has 0 aliphatic carbocycles. The SMILES string of the molecule is CCOCC.CCOCC.C[Si](C)(C)/N=C(/Cc1cccc(C/C(=N/[Si](C)(C)C)c2ccccc2)n1)c1ccccc1.[Li+].[Li+]. The molecule has 9 heteroatoms. The maximum Gasteiger partial charge on any atom is 1.00 e. The number of benzene rings is 2. The molecule has 3 aromatic rings. The van der Waals surface area contributed by atoms with Crippen LogP contribution in [-0.4, -0.2) is 59.3 Å².